The van der Waals surface area contributed by atoms with Crippen LogP contribution in [-0.2, 0) is 22.7 Å². The summed E-state index contributed by atoms with van der Waals surface area (Å²) in [5.74, 6) is -3.10. The van der Waals surface area contributed by atoms with Gasteiger partial charge in [0.15, 0.2) is 0 Å². The number of amides is 2. The third kappa shape index (κ3) is 4.38. The third-order valence-electron chi connectivity index (χ3n) is 4.81. The van der Waals surface area contributed by atoms with Crippen molar-refractivity contribution in [3.05, 3.63) is 64.5 Å². The van der Waals surface area contributed by atoms with Crippen molar-refractivity contribution in [3.63, 3.8) is 0 Å². The van der Waals surface area contributed by atoms with Crippen molar-refractivity contribution in [2.45, 2.75) is 32.0 Å². The van der Waals surface area contributed by atoms with Gasteiger partial charge in [0.05, 0.1) is 23.7 Å². The Morgan fingerprint density at radius 3 is 2.60 bits per heavy atom. The molecule has 0 saturated heterocycles. The molecule has 8 nitrogen and oxygen atoms in total. The molecule has 1 unspecified atom stereocenters. The van der Waals surface area contributed by atoms with Gasteiger partial charge in [-0.15, -0.1) is 0 Å². The molecule has 0 fully saturated rings. The molecule has 2 aromatic carbocycles. The third-order valence-corrected chi connectivity index (χ3v) is 4.81. The standard InChI is InChI=1S/C21H18FN3O5/c22-14-7-15-16(10-25(21(15)29)17(20(24)28)5-6-19(26)27)18(8-14)30-11-13-3-1-12(9-23)2-4-13/h1-4,7-8,17H,5-6,10-11H2,(H2,24,28)(H,26,27). The lowest BCUT2D eigenvalue weighted by Crippen LogP contribution is -2.45. The molecule has 0 aliphatic carbocycles. The Morgan fingerprint density at radius 1 is 1.30 bits per heavy atom. The van der Waals surface area contributed by atoms with Crippen molar-refractivity contribution >= 4 is 17.8 Å². The van der Waals surface area contributed by atoms with E-state index >= 15 is 0 Å². The maximum Gasteiger partial charge on any atom is 0.303 e. The number of carbonyl (C=O) groups excluding carboxylic acids is 2. The van der Waals surface area contributed by atoms with Gasteiger partial charge in [-0.25, -0.2) is 4.39 Å². The fourth-order valence-corrected chi connectivity index (χ4v) is 3.29. The van der Waals surface area contributed by atoms with Crippen LogP contribution < -0.4 is 10.5 Å². The molecule has 1 atom stereocenters. The van der Waals surface area contributed by atoms with Gasteiger partial charge >= 0.3 is 5.97 Å². The highest BCUT2D eigenvalue weighted by Gasteiger charge is 2.37. The number of aliphatic carboxylic acids is 1. The van der Waals surface area contributed by atoms with Gasteiger partial charge in [-0.2, -0.15) is 5.26 Å². The molecule has 154 valence electrons. The molecule has 0 radical (unpaired) electrons. The Kier molecular flexibility index (Phi) is 5.97. The van der Waals surface area contributed by atoms with Crippen LogP contribution in [0.1, 0.15) is 39.9 Å². The lowest BCUT2D eigenvalue weighted by molar-refractivity contribution is -0.137. The van der Waals surface area contributed by atoms with Crippen molar-refractivity contribution in [2.24, 2.45) is 5.73 Å². The highest BCUT2D eigenvalue weighted by molar-refractivity contribution is 6.01. The van der Waals surface area contributed by atoms with E-state index in [1.165, 1.54) is 0 Å². The number of ether oxygens (including phenoxy) is 1. The number of hydrogen-bond donors (Lipinski definition) is 2. The maximum absolute atomic E-state index is 14.1. The number of halogens is 1. The van der Waals surface area contributed by atoms with Gasteiger partial charge in [0.25, 0.3) is 5.91 Å². The van der Waals surface area contributed by atoms with E-state index in [9.17, 15) is 18.8 Å². The fraction of sp³-hybridized carbons (Fsp3) is 0.238. The van der Waals surface area contributed by atoms with E-state index in [4.69, 9.17) is 20.8 Å². The Labute approximate surface area is 171 Å². The first-order chi connectivity index (χ1) is 14.3. The molecule has 3 N–H and O–H groups in total. The monoisotopic (exact) mass is 411 g/mol. The highest BCUT2D eigenvalue weighted by Crippen LogP contribution is 2.34. The average molecular weight is 411 g/mol. The molecule has 2 aromatic rings. The van der Waals surface area contributed by atoms with Gasteiger partial charge in [-0.05, 0) is 30.2 Å². The summed E-state index contributed by atoms with van der Waals surface area (Å²) in [6, 6.07) is 9.73. The molecule has 9 heteroatoms. The fourth-order valence-electron chi connectivity index (χ4n) is 3.29. The number of primary amides is 1. The van der Waals surface area contributed by atoms with Crippen molar-refractivity contribution in [1.82, 2.24) is 4.90 Å². The van der Waals surface area contributed by atoms with Crippen LogP contribution in [0.2, 0.25) is 0 Å². The van der Waals surface area contributed by atoms with Gasteiger partial charge in [-0.3, -0.25) is 14.4 Å². The minimum Gasteiger partial charge on any atom is -0.488 e. The molecule has 0 aromatic heterocycles. The summed E-state index contributed by atoms with van der Waals surface area (Å²) in [4.78, 5) is 36.6. The number of carboxylic acids is 1. The van der Waals surface area contributed by atoms with Gasteiger partial charge in [0.1, 0.15) is 24.2 Å². The first kappa shape index (κ1) is 20.8. The second kappa shape index (κ2) is 8.61. The van der Waals surface area contributed by atoms with Crippen LogP contribution in [-0.4, -0.2) is 33.8 Å². The number of nitrogens with zero attached hydrogens (tertiary/aromatic N) is 2. The average Bonchev–Trinajstić information content (AvgIpc) is 3.03. The van der Waals surface area contributed by atoms with Crippen LogP contribution in [0.5, 0.6) is 5.75 Å². The van der Waals surface area contributed by atoms with Crippen LogP contribution >= 0.6 is 0 Å². The molecule has 30 heavy (non-hydrogen) atoms. The quantitative estimate of drug-likeness (QED) is 0.682. The normalized spacial score (nSPS) is 13.5. The predicted molar refractivity (Wildman–Crippen MR) is 102 cm³/mol. The van der Waals surface area contributed by atoms with Crippen LogP contribution in [0.3, 0.4) is 0 Å². The molecule has 0 saturated carbocycles. The van der Waals surface area contributed by atoms with Crippen molar-refractivity contribution in [3.8, 4) is 11.8 Å². The van der Waals surface area contributed by atoms with E-state index in [2.05, 4.69) is 0 Å². The largest absolute Gasteiger partial charge is 0.488 e. The van der Waals surface area contributed by atoms with Crippen molar-refractivity contribution < 1.29 is 28.6 Å². The second-order valence-corrected chi connectivity index (χ2v) is 6.81. The number of nitrogens with two attached hydrogens (primary N) is 1. The van der Waals surface area contributed by atoms with E-state index in [0.717, 1.165) is 22.6 Å². The van der Waals surface area contributed by atoms with E-state index in [-0.39, 0.29) is 37.3 Å². The van der Waals surface area contributed by atoms with Gasteiger partial charge in [0, 0.05) is 18.1 Å². The first-order valence-electron chi connectivity index (χ1n) is 9.06. The molecule has 2 amide bonds. The number of rotatable bonds is 8. The van der Waals surface area contributed by atoms with Crippen molar-refractivity contribution in [1.29, 1.82) is 5.26 Å². The summed E-state index contributed by atoms with van der Waals surface area (Å²) < 4.78 is 19.8. The molecule has 1 heterocycles. The van der Waals surface area contributed by atoms with Gasteiger partial charge in [0.2, 0.25) is 5.91 Å². The molecule has 1 aliphatic rings. The Hall–Kier alpha value is -3.93. The summed E-state index contributed by atoms with van der Waals surface area (Å²) in [5.41, 5.74) is 7.05. The maximum atomic E-state index is 14.1. The second-order valence-electron chi connectivity index (χ2n) is 6.81. The number of carbonyl (C=O) groups is 3. The molecule has 3 rings (SSSR count). The SMILES string of the molecule is N#Cc1ccc(COc2cc(F)cc3c2CN(C(CCC(=O)O)C(N)=O)C3=O)cc1. The first-order valence-corrected chi connectivity index (χ1v) is 9.06. The number of carboxylic acid groups (broad SMARTS) is 1. The van der Waals surface area contributed by atoms with Crippen LogP contribution in [0.15, 0.2) is 36.4 Å². The van der Waals surface area contributed by atoms with Crippen LogP contribution in [0.25, 0.3) is 0 Å². The Bertz CT molecular complexity index is 1050. The number of fused-ring (bicyclic) bond motifs is 1. The van der Waals surface area contributed by atoms with E-state index in [1.54, 1.807) is 24.3 Å². The lowest BCUT2D eigenvalue weighted by atomic mass is 10.1. The van der Waals surface area contributed by atoms with Gasteiger partial charge < -0.3 is 20.5 Å². The van der Waals surface area contributed by atoms with Crippen molar-refractivity contribution in [2.75, 3.05) is 0 Å². The number of hydrogen-bond acceptors (Lipinski definition) is 5. The smallest absolute Gasteiger partial charge is 0.303 e. The van der Waals surface area contributed by atoms with E-state index < -0.39 is 29.6 Å². The predicted octanol–water partition coefficient (Wildman–Crippen LogP) is 1.95. The van der Waals surface area contributed by atoms with E-state index in [0.29, 0.717) is 11.1 Å². The molecule has 0 spiro atoms. The Morgan fingerprint density at radius 2 is 2.00 bits per heavy atom. The number of benzene rings is 2. The van der Waals surface area contributed by atoms with Gasteiger partial charge in [-0.1, -0.05) is 12.1 Å². The van der Waals surface area contributed by atoms with Crippen LogP contribution in [0, 0.1) is 17.1 Å². The Balaban J connectivity index is 1.83. The summed E-state index contributed by atoms with van der Waals surface area (Å²) >= 11 is 0. The molecule has 0 bridgehead atoms. The molecular formula is C21H18FN3O5. The highest BCUT2D eigenvalue weighted by atomic mass is 19.1. The zero-order valence-corrected chi connectivity index (χ0v) is 15.8. The lowest BCUT2D eigenvalue weighted by Gasteiger charge is -2.24. The minimum absolute atomic E-state index is 0.0476. The molecular weight excluding hydrogens is 393 g/mol. The summed E-state index contributed by atoms with van der Waals surface area (Å²) in [6.07, 6.45) is -0.488. The zero-order chi connectivity index (χ0) is 21.8. The molecule has 1 aliphatic heterocycles. The van der Waals surface area contributed by atoms with Crippen LogP contribution in [0.4, 0.5) is 4.39 Å². The topological polar surface area (TPSA) is 134 Å². The number of nitriles is 1. The zero-order valence-electron chi connectivity index (χ0n) is 15.8. The summed E-state index contributed by atoms with van der Waals surface area (Å²) in [5, 5.41) is 17.7. The summed E-state index contributed by atoms with van der Waals surface area (Å²) in [7, 11) is 0. The minimum atomic E-state index is -1.13. The van der Waals surface area contributed by atoms with E-state index in [1.807, 2.05) is 6.07 Å². The summed E-state index contributed by atoms with van der Waals surface area (Å²) in [6.45, 7) is 0.0262.